The van der Waals surface area contributed by atoms with Crippen molar-refractivity contribution in [1.82, 2.24) is 10.2 Å². The van der Waals surface area contributed by atoms with Crippen LogP contribution in [0.2, 0.25) is 0 Å². The molecule has 0 saturated heterocycles. The Morgan fingerprint density at radius 2 is 1.82 bits per heavy atom. The highest BCUT2D eigenvalue weighted by Crippen LogP contribution is 2.34. The SMILES string of the molecule is CCCCCC(=O)N(C)C1CCC(c2ccc(CNCCCOC)cc2)CC1. The van der Waals surface area contributed by atoms with E-state index in [1.54, 1.807) is 7.11 Å². The van der Waals surface area contributed by atoms with Crippen molar-refractivity contribution < 1.29 is 9.53 Å². The Morgan fingerprint density at radius 3 is 2.46 bits per heavy atom. The van der Waals surface area contributed by atoms with E-state index in [2.05, 4.69) is 36.5 Å². The highest BCUT2D eigenvalue weighted by molar-refractivity contribution is 5.76. The van der Waals surface area contributed by atoms with Crippen molar-refractivity contribution in [2.75, 3.05) is 27.3 Å². The van der Waals surface area contributed by atoms with Crippen LogP contribution >= 0.6 is 0 Å². The summed E-state index contributed by atoms with van der Waals surface area (Å²) in [5.74, 6) is 0.975. The zero-order chi connectivity index (χ0) is 20.2. The molecule has 4 heteroatoms. The average molecular weight is 389 g/mol. The summed E-state index contributed by atoms with van der Waals surface area (Å²) in [6.07, 6.45) is 9.75. The van der Waals surface area contributed by atoms with E-state index in [1.807, 2.05) is 11.9 Å². The lowest BCUT2D eigenvalue weighted by atomic mass is 9.81. The van der Waals surface area contributed by atoms with Crippen LogP contribution < -0.4 is 5.32 Å². The van der Waals surface area contributed by atoms with E-state index in [4.69, 9.17) is 4.74 Å². The van der Waals surface area contributed by atoms with E-state index in [-0.39, 0.29) is 0 Å². The Bertz CT molecular complexity index is 550. The van der Waals surface area contributed by atoms with Gasteiger partial charge in [0.15, 0.2) is 0 Å². The van der Waals surface area contributed by atoms with Crippen molar-refractivity contribution in [3.05, 3.63) is 35.4 Å². The summed E-state index contributed by atoms with van der Waals surface area (Å²) >= 11 is 0. The number of rotatable bonds is 12. The van der Waals surface area contributed by atoms with Crippen LogP contribution in [-0.2, 0) is 16.1 Å². The van der Waals surface area contributed by atoms with Crippen LogP contribution in [0, 0.1) is 0 Å². The van der Waals surface area contributed by atoms with Gasteiger partial charge in [-0.2, -0.15) is 0 Å². The molecule has 0 unspecified atom stereocenters. The van der Waals surface area contributed by atoms with Gasteiger partial charge in [0, 0.05) is 39.8 Å². The molecule has 0 radical (unpaired) electrons. The van der Waals surface area contributed by atoms with Gasteiger partial charge >= 0.3 is 0 Å². The first-order chi connectivity index (χ1) is 13.7. The second-order valence-corrected chi connectivity index (χ2v) is 8.23. The van der Waals surface area contributed by atoms with Crippen LogP contribution in [0.1, 0.15) is 81.8 Å². The van der Waals surface area contributed by atoms with E-state index < -0.39 is 0 Å². The third-order valence-electron chi connectivity index (χ3n) is 6.11. The molecule has 1 aromatic carbocycles. The zero-order valence-corrected chi connectivity index (χ0v) is 18.2. The molecule has 0 aliphatic heterocycles. The molecule has 0 spiro atoms. The maximum atomic E-state index is 12.4. The van der Waals surface area contributed by atoms with Gasteiger partial charge < -0.3 is 15.0 Å². The number of carbonyl (C=O) groups excluding carboxylic acids is 1. The summed E-state index contributed by atoms with van der Waals surface area (Å²) < 4.78 is 5.07. The van der Waals surface area contributed by atoms with Gasteiger partial charge in [-0.05, 0) is 62.1 Å². The minimum Gasteiger partial charge on any atom is -0.385 e. The average Bonchev–Trinajstić information content (AvgIpc) is 2.74. The van der Waals surface area contributed by atoms with Crippen LogP contribution in [0.15, 0.2) is 24.3 Å². The molecule has 0 atom stereocenters. The number of nitrogens with zero attached hydrogens (tertiary/aromatic N) is 1. The fourth-order valence-electron chi connectivity index (χ4n) is 4.18. The molecule has 1 N–H and O–H groups in total. The van der Waals surface area contributed by atoms with Crippen LogP contribution in [-0.4, -0.2) is 44.2 Å². The smallest absolute Gasteiger partial charge is 0.222 e. The van der Waals surface area contributed by atoms with Crippen molar-refractivity contribution in [3.8, 4) is 0 Å². The maximum Gasteiger partial charge on any atom is 0.222 e. The molecule has 28 heavy (non-hydrogen) atoms. The summed E-state index contributed by atoms with van der Waals surface area (Å²) in [7, 11) is 3.75. The number of amides is 1. The minimum absolute atomic E-state index is 0.333. The number of hydrogen-bond acceptors (Lipinski definition) is 3. The van der Waals surface area contributed by atoms with Gasteiger partial charge in [0.25, 0.3) is 0 Å². The number of carbonyl (C=O) groups is 1. The number of nitrogens with one attached hydrogen (secondary N) is 1. The Labute approximate surface area is 172 Å². The summed E-state index contributed by atoms with van der Waals surface area (Å²) in [6.45, 7) is 4.90. The molecule has 158 valence electrons. The fourth-order valence-corrected chi connectivity index (χ4v) is 4.18. The van der Waals surface area contributed by atoms with Gasteiger partial charge in [0.1, 0.15) is 0 Å². The van der Waals surface area contributed by atoms with E-state index in [0.717, 1.165) is 51.8 Å². The third kappa shape index (κ3) is 7.56. The van der Waals surface area contributed by atoms with E-state index >= 15 is 0 Å². The Balaban J connectivity index is 1.72. The van der Waals surface area contributed by atoms with Crippen LogP contribution in [0.4, 0.5) is 0 Å². The monoisotopic (exact) mass is 388 g/mol. The number of methoxy groups -OCH3 is 1. The molecule has 0 heterocycles. The Kier molecular flexibility index (Phi) is 10.6. The summed E-state index contributed by atoms with van der Waals surface area (Å²) in [6, 6.07) is 9.55. The molecule has 0 bridgehead atoms. The molecule has 1 aliphatic carbocycles. The summed E-state index contributed by atoms with van der Waals surface area (Å²) in [4.78, 5) is 14.4. The third-order valence-corrected chi connectivity index (χ3v) is 6.11. The predicted octanol–water partition coefficient (Wildman–Crippen LogP) is 4.88. The Morgan fingerprint density at radius 1 is 1.11 bits per heavy atom. The van der Waals surface area contributed by atoms with Crippen molar-refractivity contribution >= 4 is 5.91 Å². The number of benzene rings is 1. The van der Waals surface area contributed by atoms with Crippen molar-refractivity contribution in [2.45, 2.75) is 83.2 Å². The van der Waals surface area contributed by atoms with Gasteiger partial charge in [-0.3, -0.25) is 4.79 Å². The maximum absolute atomic E-state index is 12.4. The highest BCUT2D eigenvalue weighted by atomic mass is 16.5. The molecule has 4 nitrogen and oxygen atoms in total. The standard InChI is InChI=1S/C24H40N2O2/c1-4-5-6-8-24(27)26(2)23-15-13-22(14-16-23)21-11-9-20(10-12-21)19-25-17-7-18-28-3/h9-12,22-23,25H,4-8,13-19H2,1-3H3. The molecule has 1 fully saturated rings. The highest BCUT2D eigenvalue weighted by Gasteiger charge is 2.26. The topological polar surface area (TPSA) is 41.6 Å². The first kappa shape index (κ1) is 22.9. The van der Waals surface area contributed by atoms with E-state index in [0.29, 0.717) is 24.3 Å². The lowest BCUT2D eigenvalue weighted by Gasteiger charge is -2.35. The zero-order valence-electron chi connectivity index (χ0n) is 18.2. The van der Waals surface area contributed by atoms with Gasteiger partial charge in [-0.1, -0.05) is 44.0 Å². The van der Waals surface area contributed by atoms with E-state index in [9.17, 15) is 4.79 Å². The van der Waals surface area contributed by atoms with Crippen LogP contribution in [0.25, 0.3) is 0 Å². The largest absolute Gasteiger partial charge is 0.385 e. The van der Waals surface area contributed by atoms with Crippen LogP contribution in [0.3, 0.4) is 0 Å². The molecule has 2 rings (SSSR count). The normalized spacial score (nSPS) is 19.5. The number of ether oxygens (including phenoxy) is 1. The van der Waals surface area contributed by atoms with Crippen LogP contribution in [0.5, 0.6) is 0 Å². The molecule has 1 saturated carbocycles. The molecular formula is C24H40N2O2. The van der Waals surface area contributed by atoms with Crippen molar-refractivity contribution in [2.24, 2.45) is 0 Å². The quantitative estimate of drug-likeness (QED) is 0.519. The van der Waals surface area contributed by atoms with Gasteiger partial charge in [-0.15, -0.1) is 0 Å². The second-order valence-electron chi connectivity index (χ2n) is 8.23. The second kappa shape index (κ2) is 12.9. The predicted molar refractivity (Wildman–Crippen MR) is 117 cm³/mol. The van der Waals surface area contributed by atoms with Crippen molar-refractivity contribution in [1.29, 1.82) is 0 Å². The number of unbranched alkanes of at least 4 members (excludes halogenated alkanes) is 2. The van der Waals surface area contributed by atoms with Gasteiger partial charge in [0.05, 0.1) is 0 Å². The van der Waals surface area contributed by atoms with Gasteiger partial charge in [-0.25, -0.2) is 0 Å². The minimum atomic E-state index is 0.333. The van der Waals surface area contributed by atoms with Crippen molar-refractivity contribution in [3.63, 3.8) is 0 Å². The summed E-state index contributed by atoms with van der Waals surface area (Å²) in [5.41, 5.74) is 2.80. The molecule has 1 amide bonds. The first-order valence-corrected chi connectivity index (χ1v) is 11.2. The first-order valence-electron chi connectivity index (χ1n) is 11.2. The lowest BCUT2D eigenvalue weighted by molar-refractivity contribution is -0.132. The molecular weight excluding hydrogens is 348 g/mol. The fraction of sp³-hybridized carbons (Fsp3) is 0.708. The van der Waals surface area contributed by atoms with Gasteiger partial charge in [0.2, 0.25) is 5.91 Å². The number of hydrogen-bond donors (Lipinski definition) is 1. The molecule has 0 aromatic heterocycles. The lowest BCUT2D eigenvalue weighted by Crippen LogP contribution is -2.39. The molecule has 1 aromatic rings. The van der Waals surface area contributed by atoms with E-state index in [1.165, 1.54) is 30.4 Å². The summed E-state index contributed by atoms with van der Waals surface area (Å²) in [5, 5.41) is 3.47. The molecule has 1 aliphatic rings. The Hall–Kier alpha value is -1.39.